The molecule has 2 aromatic rings. The van der Waals surface area contributed by atoms with Crippen molar-refractivity contribution in [3.63, 3.8) is 0 Å². The summed E-state index contributed by atoms with van der Waals surface area (Å²) < 4.78 is 4.99. The minimum Gasteiger partial charge on any atom is -0.480 e. The number of aliphatic carboxylic acids is 1. The summed E-state index contributed by atoms with van der Waals surface area (Å²) in [6.45, 7) is 2.00. The minimum absolute atomic E-state index is 0.391. The van der Waals surface area contributed by atoms with Crippen molar-refractivity contribution < 1.29 is 19.4 Å². The molecule has 136 valence electrons. The Kier molecular flexibility index (Phi) is 5.26. The number of ether oxygens (including phenoxy) is 1. The summed E-state index contributed by atoms with van der Waals surface area (Å²) in [5.41, 5.74) is 3.92. The number of amides is 1. The van der Waals surface area contributed by atoms with Gasteiger partial charge in [0.1, 0.15) is 6.04 Å². The first-order valence-electron chi connectivity index (χ1n) is 8.87. The Hall–Kier alpha value is -2.82. The molecule has 1 aliphatic rings. The molecule has 0 saturated carbocycles. The quantitative estimate of drug-likeness (QED) is 0.832. The van der Waals surface area contributed by atoms with Crippen LogP contribution in [0.5, 0.6) is 0 Å². The molecule has 0 spiro atoms. The van der Waals surface area contributed by atoms with Crippen molar-refractivity contribution in [2.24, 2.45) is 0 Å². The summed E-state index contributed by atoms with van der Waals surface area (Å²) >= 11 is 0. The Balaban J connectivity index is 2.15. The maximum Gasteiger partial charge on any atom is 0.411 e. The molecule has 1 aliphatic carbocycles. The average Bonchev–Trinajstić information content (AvgIpc) is 2.99. The van der Waals surface area contributed by atoms with Gasteiger partial charge in [0.05, 0.1) is 13.2 Å². The van der Waals surface area contributed by atoms with Gasteiger partial charge in [0.2, 0.25) is 0 Å². The van der Waals surface area contributed by atoms with Crippen molar-refractivity contribution in [2.45, 2.75) is 38.3 Å². The first kappa shape index (κ1) is 18.0. The topological polar surface area (TPSA) is 66.8 Å². The van der Waals surface area contributed by atoms with Crippen LogP contribution in [0.3, 0.4) is 0 Å². The van der Waals surface area contributed by atoms with Gasteiger partial charge >= 0.3 is 12.1 Å². The number of methoxy groups -OCH3 is 1. The van der Waals surface area contributed by atoms with Crippen LogP contribution in [0.2, 0.25) is 0 Å². The number of nitrogens with zero attached hydrogens (tertiary/aromatic N) is 1. The van der Waals surface area contributed by atoms with Gasteiger partial charge in [0, 0.05) is 0 Å². The van der Waals surface area contributed by atoms with E-state index >= 15 is 0 Å². The van der Waals surface area contributed by atoms with Gasteiger partial charge in [-0.25, -0.2) is 9.59 Å². The zero-order valence-corrected chi connectivity index (χ0v) is 15.0. The maximum atomic E-state index is 12.7. The SMILES string of the molecule is CCCC[C@@H](C(=O)O)N(C(=O)OC)C1c2ccccc2-c2ccccc21. The predicted molar refractivity (Wildman–Crippen MR) is 98.9 cm³/mol. The van der Waals surface area contributed by atoms with E-state index in [0.29, 0.717) is 6.42 Å². The third-order valence-electron chi connectivity index (χ3n) is 4.92. The first-order chi connectivity index (χ1) is 12.6. The zero-order valence-electron chi connectivity index (χ0n) is 15.0. The van der Waals surface area contributed by atoms with E-state index in [-0.39, 0.29) is 0 Å². The molecular formula is C21H23NO4. The summed E-state index contributed by atoms with van der Waals surface area (Å²) in [6, 6.07) is 14.2. The van der Waals surface area contributed by atoms with E-state index in [1.54, 1.807) is 0 Å². The lowest BCUT2D eigenvalue weighted by Gasteiger charge is -2.34. The number of carboxylic acid groups (broad SMARTS) is 1. The van der Waals surface area contributed by atoms with Crippen molar-refractivity contribution in [3.8, 4) is 11.1 Å². The molecule has 0 aliphatic heterocycles. The third-order valence-corrected chi connectivity index (χ3v) is 4.92. The zero-order chi connectivity index (χ0) is 18.7. The van der Waals surface area contributed by atoms with Gasteiger partial charge in [-0.05, 0) is 28.7 Å². The lowest BCUT2D eigenvalue weighted by molar-refractivity contribution is -0.143. The Morgan fingerprint density at radius 2 is 1.62 bits per heavy atom. The second-order valence-corrected chi connectivity index (χ2v) is 6.45. The molecule has 1 atom stereocenters. The largest absolute Gasteiger partial charge is 0.480 e. The highest BCUT2D eigenvalue weighted by Gasteiger charge is 2.41. The molecule has 0 radical (unpaired) electrons. The molecule has 0 bridgehead atoms. The highest BCUT2D eigenvalue weighted by Crippen LogP contribution is 2.47. The molecule has 0 unspecified atom stereocenters. The van der Waals surface area contributed by atoms with E-state index in [4.69, 9.17) is 4.74 Å². The second-order valence-electron chi connectivity index (χ2n) is 6.45. The number of hydrogen-bond donors (Lipinski definition) is 1. The number of carbonyl (C=O) groups is 2. The van der Waals surface area contributed by atoms with Gasteiger partial charge in [-0.2, -0.15) is 0 Å². The summed E-state index contributed by atoms with van der Waals surface area (Å²) in [5.74, 6) is -1.01. The van der Waals surface area contributed by atoms with Crippen LogP contribution in [0, 0.1) is 0 Å². The molecule has 1 N–H and O–H groups in total. The number of rotatable bonds is 6. The Bertz CT molecular complexity index is 772. The third kappa shape index (κ3) is 3.05. The number of carboxylic acids is 1. The molecule has 3 rings (SSSR count). The maximum absolute atomic E-state index is 12.7. The van der Waals surface area contributed by atoms with Gasteiger partial charge < -0.3 is 9.84 Å². The Morgan fingerprint density at radius 3 is 2.08 bits per heavy atom. The van der Waals surface area contributed by atoms with Crippen molar-refractivity contribution in [2.75, 3.05) is 7.11 Å². The summed E-state index contributed by atoms with van der Waals surface area (Å²) in [7, 11) is 1.29. The molecule has 0 aromatic heterocycles. The number of fused-ring (bicyclic) bond motifs is 3. The molecule has 1 amide bonds. The average molecular weight is 353 g/mol. The smallest absolute Gasteiger partial charge is 0.411 e. The molecular weight excluding hydrogens is 330 g/mol. The van der Waals surface area contributed by atoms with Crippen molar-refractivity contribution in [1.29, 1.82) is 0 Å². The molecule has 0 saturated heterocycles. The van der Waals surface area contributed by atoms with Crippen LogP contribution in [0.15, 0.2) is 48.5 Å². The van der Waals surface area contributed by atoms with Crippen LogP contribution >= 0.6 is 0 Å². The van der Waals surface area contributed by atoms with E-state index in [9.17, 15) is 14.7 Å². The monoisotopic (exact) mass is 353 g/mol. The highest BCUT2D eigenvalue weighted by molar-refractivity contribution is 5.85. The standard InChI is InChI=1S/C21H23NO4/c1-3-4-13-18(20(23)24)22(21(25)26-2)19-16-11-7-5-9-14(16)15-10-6-8-12-17(15)19/h5-12,18-19H,3-4,13H2,1-2H3,(H,23,24)/t18-/m0/s1. The molecule has 5 heteroatoms. The van der Waals surface area contributed by atoms with E-state index in [1.807, 2.05) is 55.5 Å². The first-order valence-corrected chi connectivity index (χ1v) is 8.87. The van der Waals surface area contributed by atoms with Crippen LogP contribution in [-0.4, -0.2) is 35.2 Å². The van der Waals surface area contributed by atoms with E-state index in [0.717, 1.165) is 35.1 Å². The predicted octanol–water partition coefficient (Wildman–Crippen LogP) is 4.47. The van der Waals surface area contributed by atoms with Gasteiger partial charge in [-0.3, -0.25) is 4.90 Å². The summed E-state index contributed by atoms with van der Waals surface area (Å²) in [6.07, 6.45) is 1.35. The van der Waals surface area contributed by atoms with Gasteiger partial charge in [-0.1, -0.05) is 68.3 Å². The molecule has 26 heavy (non-hydrogen) atoms. The fourth-order valence-corrected chi connectivity index (χ4v) is 3.73. The van der Waals surface area contributed by atoms with Crippen LogP contribution in [0.4, 0.5) is 4.79 Å². The van der Waals surface area contributed by atoms with E-state index in [2.05, 4.69) is 0 Å². The molecule has 0 heterocycles. The Labute approximate surface area is 153 Å². The lowest BCUT2D eigenvalue weighted by Crippen LogP contribution is -2.47. The van der Waals surface area contributed by atoms with Gasteiger partial charge in [0.25, 0.3) is 0 Å². The van der Waals surface area contributed by atoms with Crippen molar-refractivity contribution in [1.82, 2.24) is 4.90 Å². The highest BCUT2D eigenvalue weighted by atomic mass is 16.5. The number of hydrogen-bond acceptors (Lipinski definition) is 3. The van der Waals surface area contributed by atoms with E-state index in [1.165, 1.54) is 12.0 Å². The fourth-order valence-electron chi connectivity index (χ4n) is 3.73. The van der Waals surface area contributed by atoms with Crippen molar-refractivity contribution in [3.05, 3.63) is 59.7 Å². The van der Waals surface area contributed by atoms with Crippen molar-refractivity contribution >= 4 is 12.1 Å². The van der Waals surface area contributed by atoms with Crippen LogP contribution in [-0.2, 0) is 9.53 Å². The lowest BCUT2D eigenvalue weighted by atomic mass is 9.99. The number of benzene rings is 2. The second kappa shape index (κ2) is 7.60. The van der Waals surface area contributed by atoms with Gasteiger partial charge in [-0.15, -0.1) is 0 Å². The molecule has 5 nitrogen and oxygen atoms in total. The minimum atomic E-state index is -1.01. The van der Waals surface area contributed by atoms with Crippen LogP contribution in [0.1, 0.15) is 43.4 Å². The fraction of sp³-hybridized carbons (Fsp3) is 0.333. The summed E-state index contributed by atoms with van der Waals surface area (Å²) in [4.78, 5) is 26.1. The Morgan fingerprint density at radius 1 is 1.08 bits per heavy atom. The summed E-state index contributed by atoms with van der Waals surface area (Å²) in [5, 5.41) is 9.82. The van der Waals surface area contributed by atoms with Crippen LogP contribution < -0.4 is 0 Å². The normalized spacial score (nSPS) is 13.6. The molecule has 0 fully saturated rings. The van der Waals surface area contributed by atoms with E-state index < -0.39 is 24.1 Å². The number of unbranched alkanes of at least 4 members (excludes halogenated alkanes) is 1. The van der Waals surface area contributed by atoms with Crippen LogP contribution in [0.25, 0.3) is 11.1 Å². The molecule has 2 aromatic carbocycles. The number of carbonyl (C=O) groups excluding carboxylic acids is 1. The van der Waals surface area contributed by atoms with Gasteiger partial charge in [0.15, 0.2) is 0 Å².